The third-order valence-corrected chi connectivity index (χ3v) is 3.75. The molecule has 4 heteroatoms. The quantitative estimate of drug-likeness (QED) is 0.836. The van der Waals surface area contributed by atoms with Crippen LogP contribution in [0.4, 0.5) is 5.69 Å². The molecule has 0 bridgehead atoms. The number of fused-ring (bicyclic) bond motifs is 1. The number of ether oxygens (including phenoxy) is 1. The maximum Gasteiger partial charge on any atom is 0.322 e. The minimum atomic E-state index is -0.270. The van der Waals surface area contributed by atoms with Gasteiger partial charge < -0.3 is 15.0 Å². The van der Waals surface area contributed by atoms with Crippen LogP contribution in [0, 0.1) is 0 Å². The summed E-state index contributed by atoms with van der Waals surface area (Å²) in [6, 6.07) is 6.29. The van der Waals surface area contributed by atoms with Crippen LogP contribution in [0.15, 0.2) is 18.2 Å². The molecule has 0 radical (unpaired) electrons. The highest BCUT2D eigenvalue weighted by atomic mass is 16.5. The number of aryl methyl sites for hydroxylation is 1. The Bertz CT molecular complexity index is 474. The number of carbonyl (C=O) groups is 1. The minimum absolute atomic E-state index is 0.190. The molecular weight excluding hydrogens is 252 g/mol. The number of nitrogens with zero attached hydrogens (tertiary/aromatic N) is 1. The Kier molecular flexibility index (Phi) is 5.01. The lowest BCUT2D eigenvalue weighted by atomic mass is 9.99. The zero-order chi connectivity index (χ0) is 14.5. The van der Waals surface area contributed by atoms with Gasteiger partial charge in [0, 0.05) is 25.8 Å². The third kappa shape index (κ3) is 3.51. The van der Waals surface area contributed by atoms with Gasteiger partial charge in [-0.3, -0.25) is 4.79 Å². The van der Waals surface area contributed by atoms with Crippen LogP contribution in [0.25, 0.3) is 0 Å². The van der Waals surface area contributed by atoms with Crippen molar-refractivity contribution in [2.75, 3.05) is 25.1 Å². The molecule has 1 atom stereocenters. The summed E-state index contributed by atoms with van der Waals surface area (Å²) < 4.78 is 4.99. The van der Waals surface area contributed by atoms with E-state index in [0.29, 0.717) is 13.2 Å². The van der Waals surface area contributed by atoms with E-state index in [-0.39, 0.29) is 12.0 Å². The van der Waals surface area contributed by atoms with Crippen LogP contribution in [-0.4, -0.2) is 32.2 Å². The van der Waals surface area contributed by atoms with Crippen molar-refractivity contribution in [3.05, 3.63) is 29.3 Å². The number of benzene rings is 1. The molecule has 1 aromatic carbocycles. The van der Waals surface area contributed by atoms with Gasteiger partial charge in [0.05, 0.1) is 6.61 Å². The lowest BCUT2D eigenvalue weighted by Crippen LogP contribution is -2.35. The van der Waals surface area contributed by atoms with Crippen molar-refractivity contribution in [1.29, 1.82) is 0 Å². The highest BCUT2D eigenvalue weighted by Crippen LogP contribution is 2.26. The number of anilines is 1. The van der Waals surface area contributed by atoms with Crippen LogP contribution < -0.4 is 10.2 Å². The molecule has 20 heavy (non-hydrogen) atoms. The molecule has 0 spiro atoms. The minimum Gasteiger partial charge on any atom is -0.465 e. The Hall–Kier alpha value is -1.55. The maximum atomic E-state index is 11.5. The molecule has 1 aliphatic heterocycles. The molecule has 0 fully saturated rings. The van der Waals surface area contributed by atoms with Crippen molar-refractivity contribution in [3.8, 4) is 0 Å². The van der Waals surface area contributed by atoms with E-state index in [9.17, 15) is 4.79 Å². The first-order chi connectivity index (χ1) is 9.61. The topological polar surface area (TPSA) is 41.6 Å². The van der Waals surface area contributed by atoms with Crippen LogP contribution >= 0.6 is 0 Å². The molecule has 0 aliphatic carbocycles. The fourth-order valence-corrected chi connectivity index (χ4v) is 2.57. The fraction of sp³-hybridized carbons (Fsp3) is 0.562. The van der Waals surface area contributed by atoms with Gasteiger partial charge in [0.1, 0.15) is 6.04 Å². The van der Waals surface area contributed by atoms with Crippen molar-refractivity contribution in [1.82, 2.24) is 5.32 Å². The van der Waals surface area contributed by atoms with Crippen molar-refractivity contribution in [2.45, 2.75) is 39.3 Å². The van der Waals surface area contributed by atoms with E-state index in [1.54, 1.807) is 0 Å². The Balaban J connectivity index is 1.95. The predicted octanol–water partition coefficient (Wildman–Crippen LogP) is 2.11. The summed E-state index contributed by atoms with van der Waals surface area (Å²) >= 11 is 0. The Labute approximate surface area is 121 Å². The van der Waals surface area contributed by atoms with E-state index < -0.39 is 0 Å². The van der Waals surface area contributed by atoms with Crippen molar-refractivity contribution >= 4 is 11.7 Å². The zero-order valence-corrected chi connectivity index (χ0v) is 12.6. The van der Waals surface area contributed by atoms with Gasteiger partial charge in [-0.15, -0.1) is 0 Å². The standard InChI is InChI=1S/C16H24N2O2/c1-4-20-16(19)12(2)17-11-13-7-8-15-14(10-13)6-5-9-18(15)3/h7-8,10,12,17H,4-6,9,11H2,1-3H3. The van der Waals surface area contributed by atoms with E-state index in [1.807, 2.05) is 13.8 Å². The molecule has 1 unspecified atom stereocenters. The molecule has 2 rings (SSSR count). The number of nitrogens with one attached hydrogen (secondary N) is 1. The molecule has 0 saturated carbocycles. The summed E-state index contributed by atoms with van der Waals surface area (Å²) in [6.07, 6.45) is 2.35. The van der Waals surface area contributed by atoms with E-state index in [1.165, 1.54) is 23.2 Å². The monoisotopic (exact) mass is 276 g/mol. The first-order valence-corrected chi connectivity index (χ1v) is 7.34. The van der Waals surface area contributed by atoms with E-state index in [2.05, 4.69) is 35.5 Å². The second-order valence-corrected chi connectivity index (χ2v) is 5.34. The van der Waals surface area contributed by atoms with Gasteiger partial charge in [-0.2, -0.15) is 0 Å². The third-order valence-electron chi connectivity index (χ3n) is 3.75. The molecule has 0 amide bonds. The molecule has 1 N–H and O–H groups in total. The summed E-state index contributed by atoms with van der Waals surface area (Å²) in [5, 5.41) is 3.21. The molecule has 1 aromatic rings. The lowest BCUT2D eigenvalue weighted by Gasteiger charge is -2.28. The summed E-state index contributed by atoms with van der Waals surface area (Å²) in [5.41, 5.74) is 3.95. The first kappa shape index (κ1) is 14.9. The Morgan fingerprint density at radius 1 is 1.50 bits per heavy atom. The van der Waals surface area contributed by atoms with E-state index in [0.717, 1.165) is 13.0 Å². The largest absolute Gasteiger partial charge is 0.465 e. The number of hydrogen-bond donors (Lipinski definition) is 1. The van der Waals surface area contributed by atoms with Crippen LogP contribution in [0.2, 0.25) is 0 Å². The lowest BCUT2D eigenvalue weighted by molar-refractivity contribution is -0.145. The molecular formula is C16H24N2O2. The molecule has 110 valence electrons. The smallest absolute Gasteiger partial charge is 0.322 e. The Morgan fingerprint density at radius 3 is 3.05 bits per heavy atom. The van der Waals surface area contributed by atoms with Crippen LogP contribution in [0.1, 0.15) is 31.4 Å². The van der Waals surface area contributed by atoms with Gasteiger partial charge in [-0.25, -0.2) is 0 Å². The molecule has 0 aromatic heterocycles. The van der Waals surface area contributed by atoms with Gasteiger partial charge in [0.25, 0.3) is 0 Å². The average molecular weight is 276 g/mol. The second kappa shape index (κ2) is 6.75. The van der Waals surface area contributed by atoms with Gasteiger partial charge >= 0.3 is 5.97 Å². The SMILES string of the molecule is CCOC(=O)C(C)NCc1ccc2c(c1)CCCN2C. The van der Waals surface area contributed by atoms with Gasteiger partial charge in [0.15, 0.2) is 0 Å². The normalized spacial score (nSPS) is 15.7. The maximum absolute atomic E-state index is 11.5. The van der Waals surface area contributed by atoms with Crippen molar-refractivity contribution < 1.29 is 9.53 Å². The van der Waals surface area contributed by atoms with E-state index >= 15 is 0 Å². The summed E-state index contributed by atoms with van der Waals surface area (Å²) in [4.78, 5) is 13.9. The molecule has 1 aliphatic rings. The summed E-state index contributed by atoms with van der Waals surface area (Å²) in [5.74, 6) is -0.190. The number of rotatable bonds is 5. The van der Waals surface area contributed by atoms with Gasteiger partial charge in [-0.05, 0) is 43.9 Å². The Morgan fingerprint density at radius 2 is 2.30 bits per heavy atom. The molecule has 0 saturated heterocycles. The first-order valence-electron chi connectivity index (χ1n) is 7.34. The molecule has 4 nitrogen and oxygen atoms in total. The van der Waals surface area contributed by atoms with Crippen LogP contribution in [0.5, 0.6) is 0 Å². The number of hydrogen-bond acceptors (Lipinski definition) is 4. The second-order valence-electron chi connectivity index (χ2n) is 5.34. The summed E-state index contributed by atoms with van der Waals surface area (Å²) in [7, 11) is 2.14. The van der Waals surface area contributed by atoms with Crippen LogP contribution in [0.3, 0.4) is 0 Å². The van der Waals surface area contributed by atoms with Gasteiger partial charge in [0.2, 0.25) is 0 Å². The number of esters is 1. The van der Waals surface area contributed by atoms with Crippen molar-refractivity contribution in [3.63, 3.8) is 0 Å². The molecule has 1 heterocycles. The van der Waals surface area contributed by atoms with Crippen molar-refractivity contribution in [2.24, 2.45) is 0 Å². The summed E-state index contributed by atoms with van der Waals surface area (Å²) in [6.45, 7) is 5.91. The highest BCUT2D eigenvalue weighted by molar-refractivity contribution is 5.75. The highest BCUT2D eigenvalue weighted by Gasteiger charge is 2.15. The van der Waals surface area contributed by atoms with Gasteiger partial charge in [-0.1, -0.05) is 12.1 Å². The fourth-order valence-electron chi connectivity index (χ4n) is 2.57. The zero-order valence-electron chi connectivity index (χ0n) is 12.6. The number of carbonyl (C=O) groups excluding carboxylic acids is 1. The predicted molar refractivity (Wildman–Crippen MR) is 81.0 cm³/mol. The average Bonchev–Trinajstić information content (AvgIpc) is 2.45. The van der Waals surface area contributed by atoms with E-state index in [4.69, 9.17) is 4.74 Å². The van der Waals surface area contributed by atoms with Crippen LogP contribution in [-0.2, 0) is 22.5 Å².